The van der Waals surface area contributed by atoms with Crippen molar-refractivity contribution in [2.75, 3.05) is 6.61 Å². The van der Waals surface area contributed by atoms with E-state index in [9.17, 15) is 4.79 Å². The second kappa shape index (κ2) is 9.17. The number of carbonyl (C=O) groups excluding carboxylic acids is 1. The van der Waals surface area contributed by atoms with Crippen molar-refractivity contribution in [3.05, 3.63) is 0 Å². The van der Waals surface area contributed by atoms with Gasteiger partial charge in [0.15, 0.2) is 0 Å². The summed E-state index contributed by atoms with van der Waals surface area (Å²) in [5.41, 5.74) is 2.15. The summed E-state index contributed by atoms with van der Waals surface area (Å²) in [6.45, 7) is 21.9. The fourth-order valence-corrected chi connectivity index (χ4v) is 13.1. The molecule has 0 unspecified atom stereocenters. The quantitative estimate of drug-likeness (QED) is 0.416. The maximum absolute atomic E-state index is 13.2. The van der Waals surface area contributed by atoms with Gasteiger partial charge in [-0.05, 0) is 32.1 Å². The first-order valence-electron chi connectivity index (χ1n) is 10.8. The predicted octanol–water partition coefficient (Wildman–Crippen LogP) is 6.86. The Morgan fingerprint density at radius 2 is 1.48 bits per heavy atom. The maximum Gasteiger partial charge on any atom is 0.141 e. The van der Waals surface area contributed by atoms with Crippen molar-refractivity contribution in [3.63, 3.8) is 0 Å². The number of rotatable bonds is 9. The molecule has 2 nitrogen and oxygen atoms in total. The molecule has 0 aliphatic heterocycles. The van der Waals surface area contributed by atoms with Crippen LogP contribution in [0.2, 0.25) is 22.7 Å². The number of hydrogen-bond donors (Lipinski definition) is 0. The molecule has 1 saturated carbocycles. The van der Waals surface area contributed by atoms with Gasteiger partial charge in [0.05, 0.1) is 14.2 Å². The Hall–Kier alpha value is -0.153. The molecule has 1 fully saturated rings. The van der Waals surface area contributed by atoms with Gasteiger partial charge in [0, 0.05) is 18.4 Å². The summed E-state index contributed by atoms with van der Waals surface area (Å²) in [5.74, 6) is 0.977. The van der Waals surface area contributed by atoms with Gasteiger partial charge in [0.2, 0.25) is 0 Å². The molecule has 0 N–H and O–H groups in total. The van der Waals surface area contributed by atoms with E-state index in [1.165, 1.54) is 6.04 Å². The normalized spacial score (nSPS) is 24.6. The largest absolute Gasteiger partial charge is 0.378 e. The van der Waals surface area contributed by atoms with Gasteiger partial charge in [-0.15, -0.1) is 0 Å². The first kappa shape index (κ1) is 22.9. The second-order valence-corrected chi connectivity index (χ2v) is 15.4. The lowest BCUT2D eigenvalue weighted by Gasteiger charge is -2.52. The molecular formula is C22H44O2Si. The van der Waals surface area contributed by atoms with Gasteiger partial charge in [-0.2, -0.15) is 0 Å². The van der Waals surface area contributed by atoms with E-state index >= 15 is 0 Å². The summed E-state index contributed by atoms with van der Waals surface area (Å²) < 4.78 is 5.96. The van der Waals surface area contributed by atoms with Crippen molar-refractivity contribution < 1.29 is 9.53 Å². The predicted molar refractivity (Wildman–Crippen MR) is 112 cm³/mol. The molecule has 1 aliphatic carbocycles. The van der Waals surface area contributed by atoms with E-state index in [4.69, 9.17) is 4.74 Å². The molecular weight excluding hydrogens is 324 g/mol. The van der Waals surface area contributed by atoms with Crippen LogP contribution in [0.4, 0.5) is 0 Å². The topological polar surface area (TPSA) is 26.3 Å². The minimum atomic E-state index is -1.53. The number of Topliss-reactive ketones (excluding diaryl/α,β-unsaturated/α-hetero) is 1. The van der Waals surface area contributed by atoms with Gasteiger partial charge in [-0.25, -0.2) is 0 Å². The van der Waals surface area contributed by atoms with E-state index in [2.05, 4.69) is 62.3 Å². The third kappa shape index (κ3) is 4.23. The molecule has 0 aromatic rings. The molecule has 1 rings (SSSR count). The molecule has 0 aromatic heterocycles. The van der Waals surface area contributed by atoms with E-state index in [-0.39, 0.29) is 11.5 Å². The van der Waals surface area contributed by atoms with Gasteiger partial charge < -0.3 is 4.74 Å². The lowest BCUT2D eigenvalue weighted by Crippen LogP contribution is -2.53. The van der Waals surface area contributed by atoms with E-state index in [1.54, 1.807) is 0 Å². The van der Waals surface area contributed by atoms with Crippen LogP contribution in [-0.2, 0) is 9.53 Å². The maximum atomic E-state index is 13.2. The lowest BCUT2D eigenvalue weighted by atomic mass is 9.62. The Balaban J connectivity index is 3.31. The second-order valence-electron chi connectivity index (χ2n) is 9.28. The summed E-state index contributed by atoms with van der Waals surface area (Å²) >= 11 is 0. The molecule has 25 heavy (non-hydrogen) atoms. The summed E-state index contributed by atoms with van der Waals surface area (Å²) in [5, 5.41) is 0. The highest BCUT2D eigenvalue weighted by atomic mass is 28.3. The molecule has 0 amide bonds. The summed E-state index contributed by atoms with van der Waals surface area (Å²) in [7, 11) is -1.53. The van der Waals surface area contributed by atoms with Crippen molar-refractivity contribution in [1.82, 2.24) is 0 Å². The van der Waals surface area contributed by atoms with Crippen LogP contribution in [0, 0.1) is 11.3 Å². The Labute approximate surface area is 158 Å². The molecule has 0 radical (unpaired) electrons. The molecule has 0 bridgehead atoms. The van der Waals surface area contributed by atoms with Crippen LogP contribution in [0.5, 0.6) is 0 Å². The first-order chi connectivity index (χ1) is 11.6. The Kier molecular flexibility index (Phi) is 8.39. The average molecular weight is 369 g/mol. The van der Waals surface area contributed by atoms with Crippen molar-refractivity contribution >= 4 is 13.9 Å². The average Bonchev–Trinajstić information content (AvgIpc) is 2.52. The first-order valence-corrected chi connectivity index (χ1v) is 13.2. The SMILES string of the molecule is CCO[C@H]1CC(=O)C(CC)(CC)[C@@H](C[Si](C(C)C)(C(C)C)C(C)C)C1. The van der Waals surface area contributed by atoms with Gasteiger partial charge in [0.1, 0.15) is 5.78 Å². The van der Waals surface area contributed by atoms with Crippen molar-refractivity contribution in [2.45, 2.75) is 117 Å². The third-order valence-electron chi connectivity index (χ3n) is 7.79. The van der Waals surface area contributed by atoms with Crippen LogP contribution >= 0.6 is 0 Å². The van der Waals surface area contributed by atoms with E-state index in [0.29, 0.717) is 18.1 Å². The summed E-state index contributed by atoms with van der Waals surface area (Å²) in [4.78, 5) is 13.2. The Morgan fingerprint density at radius 3 is 1.84 bits per heavy atom. The molecule has 3 heteroatoms. The number of carbonyl (C=O) groups is 1. The van der Waals surface area contributed by atoms with Crippen molar-refractivity contribution in [1.29, 1.82) is 0 Å². The highest BCUT2D eigenvalue weighted by molar-refractivity contribution is 6.83. The minimum Gasteiger partial charge on any atom is -0.378 e. The van der Waals surface area contributed by atoms with Gasteiger partial charge >= 0.3 is 0 Å². The highest BCUT2D eigenvalue weighted by Gasteiger charge is 2.53. The lowest BCUT2D eigenvalue weighted by molar-refractivity contribution is -0.142. The van der Waals surface area contributed by atoms with Gasteiger partial charge in [-0.1, -0.05) is 78.1 Å². The zero-order valence-corrected chi connectivity index (χ0v) is 19.4. The molecule has 0 heterocycles. The highest BCUT2D eigenvalue weighted by Crippen LogP contribution is 2.54. The minimum absolute atomic E-state index is 0.107. The summed E-state index contributed by atoms with van der Waals surface area (Å²) in [6, 6.07) is 1.29. The smallest absolute Gasteiger partial charge is 0.141 e. The van der Waals surface area contributed by atoms with Crippen molar-refractivity contribution in [3.8, 4) is 0 Å². The third-order valence-corrected chi connectivity index (χ3v) is 15.4. The Morgan fingerprint density at radius 1 is 1.00 bits per heavy atom. The number of hydrogen-bond acceptors (Lipinski definition) is 2. The zero-order chi connectivity index (χ0) is 19.4. The van der Waals surface area contributed by atoms with E-state index in [1.807, 2.05) is 0 Å². The van der Waals surface area contributed by atoms with Gasteiger partial charge in [-0.3, -0.25) is 4.79 Å². The van der Waals surface area contributed by atoms with Crippen LogP contribution in [0.15, 0.2) is 0 Å². The monoisotopic (exact) mass is 368 g/mol. The fraction of sp³-hybridized carbons (Fsp3) is 0.955. The molecule has 0 saturated heterocycles. The van der Waals surface area contributed by atoms with Crippen molar-refractivity contribution in [2.24, 2.45) is 11.3 Å². The van der Waals surface area contributed by atoms with E-state index in [0.717, 1.165) is 42.5 Å². The van der Waals surface area contributed by atoms with Crippen LogP contribution in [0.3, 0.4) is 0 Å². The standard InChI is InChI=1S/C22H44O2Si/c1-10-22(11-2)19(13-20(24-12-3)14-21(22)23)15-25(16(4)5,17(6)7)18(8)9/h16-20H,10-15H2,1-9H3/t19-,20-/m1/s1. The molecule has 148 valence electrons. The fourth-order valence-electron chi connectivity index (χ4n) is 6.26. The van der Waals surface area contributed by atoms with Crippen LogP contribution < -0.4 is 0 Å². The van der Waals surface area contributed by atoms with Crippen LogP contribution in [-0.4, -0.2) is 26.6 Å². The van der Waals surface area contributed by atoms with Crippen LogP contribution in [0.25, 0.3) is 0 Å². The number of ketones is 1. The molecule has 0 aromatic carbocycles. The van der Waals surface area contributed by atoms with Crippen LogP contribution in [0.1, 0.15) is 88.0 Å². The summed E-state index contributed by atoms with van der Waals surface area (Å²) in [6.07, 6.45) is 3.84. The molecule has 0 spiro atoms. The van der Waals surface area contributed by atoms with E-state index < -0.39 is 8.07 Å². The number of ether oxygens (including phenoxy) is 1. The zero-order valence-electron chi connectivity index (χ0n) is 18.4. The molecule has 1 aliphatic rings. The molecule has 2 atom stereocenters. The Bertz CT molecular complexity index is 402. The van der Waals surface area contributed by atoms with Gasteiger partial charge in [0.25, 0.3) is 0 Å².